The summed E-state index contributed by atoms with van der Waals surface area (Å²) in [7, 11) is 5.01. The van der Waals surface area contributed by atoms with E-state index >= 15 is 0 Å². The van der Waals surface area contributed by atoms with Gasteiger partial charge < -0.3 is 25.0 Å². The number of rotatable bonds is 8. The Labute approximate surface area is 165 Å². The Balaban J connectivity index is 1.90. The van der Waals surface area contributed by atoms with Gasteiger partial charge in [-0.2, -0.15) is 0 Å². The summed E-state index contributed by atoms with van der Waals surface area (Å²) in [4.78, 5) is 25.8. The van der Waals surface area contributed by atoms with Crippen LogP contribution in [-0.2, 0) is 11.3 Å². The second kappa shape index (κ2) is 10.3. The van der Waals surface area contributed by atoms with Gasteiger partial charge in [0.2, 0.25) is 0 Å². The molecule has 0 unspecified atom stereocenters. The molecule has 0 saturated carbocycles. The molecule has 2 aromatic rings. The molecule has 2 aromatic carbocycles. The molecule has 28 heavy (non-hydrogen) atoms. The molecule has 0 radical (unpaired) electrons. The molecule has 2 N–H and O–H groups in total. The smallest absolute Gasteiger partial charge is 0.319 e. The summed E-state index contributed by atoms with van der Waals surface area (Å²) < 4.78 is 10.5. The summed E-state index contributed by atoms with van der Waals surface area (Å²) in [5.41, 5.74) is 2.95. The first kappa shape index (κ1) is 21.2. The van der Waals surface area contributed by atoms with E-state index < -0.39 is 0 Å². The van der Waals surface area contributed by atoms with Crippen molar-refractivity contribution < 1.29 is 19.1 Å². The lowest BCUT2D eigenvalue weighted by Gasteiger charge is -2.14. The molecule has 0 saturated heterocycles. The van der Waals surface area contributed by atoms with Crippen molar-refractivity contribution in [3.05, 3.63) is 59.2 Å². The molecule has 0 fully saturated rings. The highest BCUT2D eigenvalue weighted by atomic mass is 16.5. The fourth-order valence-corrected chi connectivity index (χ4v) is 2.44. The Bertz CT molecular complexity index is 804. The molecular formula is C21H27N3O4. The Morgan fingerprint density at radius 1 is 1.04 bits per heavy atom. The normalized spacial score (nSPS) is 10.3. The number of ether oxygens (including phenoxy) is 2. The van der Waals surface area contributed by atoms with E-state index in [0.717, 1.165) is 16.9 Å². The predicted molar refractivity (Wildman–Crippen MR) is 109 cm³/mol. The number of urea groups is 1. The van der Waals surface area contributed by atoms with Crippen LogP contribution in [0, 0.1) is 6.92 Å². The number of aryl methyl sites for hydroxylation is 1. The number of carbonyl (C=O) groups is 2. The molecule has 0 spiro atoms. The Kier molecular flexibility index (Phi) is 7.83. The molecule has 3 amide bonds. The van der Waals surface area contributed by atoms with Crippen molar-refractivity contribution in [2.75, 3.05) is 39.7 Å². The first-order valence-corrected chi connectivity index (χ1v) is 8.98. The average Bonchev–Trinajstić information content (AvgIpc) is 2.68. The van der Waals surface area contributed by atoms with Gasteiger partial charge in [-0.25, -0.2) is 4.79 Å². The zero-order chi connectivity index (χ0) is 20.5. The van der Waals surface area contributed by atoms with Gasteiger partial charge in [-0.1, -0.05) is 18.2 Å². The van der Waals surface area contributed by atoms with Crippen LogP contribution >= 0.6 is 0 Å². The summed E-state index contributed by atoms with van der Waals surface area (Å²) in [6.45, 7) is 3.27. The number of nitrogens with zero attached hydrogens (tertiary/aromatic N) is 1. The molecule has 0 aliphatic rings. The maximum Gasteiger partial charge on any atom is 0.319 e. The molecule has 0 aromatic heterocycles. The maximum absolute atomic E-state index is 12.2. The van der Waals surface area contributed by atoms with Crippen molar-refractivity contribution in [2.45, 2.75) is 13.5 Å². The van der Waals surface area contributed by atoms with Crippen LogP contribution in [0.3, 0.4) is 0 Å². The van der Waals surface area contributed by atoms with E-state index in [9.17, 15) is 9.59 Å². The third kappa shape index (κ3) is 6.28. The minimum Gasteiger partial charge on any atom is -0.491 e. The molecule has 0 atom stereocenters. The highest BCUT2D eigenvalue weighted by Gasteiger charge is 2.11. The van der Waals surface area contributed by atoms with E-state index in [4.69, 9.17) is 9.47 Å². The van der Waals surface area contributed by atoms with Crippen molar-refractivity contribution in [2.24, 2.45) is 0 Å². The van der Waals surface area contributed by atoms with Crippen molar-refractivity contribution in [3.63, 3.8) is 0 Å². The highest BCUT2D eigenvalue weighted by molar-refractivity contribution is 5.97. The first-order chi connectivity index (χ1) is 13.4. The first-order valence-electron chi connectivity index (χ1n) is 8.98. The van der Waals surface area contributed by atoms with Gasteiger partial charge in [0.25, 0.3) is 5.91 Å². The lowest BCUT2D eigenvalue weighted by molar-refractivity contribution is 0.0827. The van der Waals surface area contributed by atoms with Crippen LogP contribution in [0.5, 0.6) is 5.75 Å². The summed E-state index contributed by atoms with van der Waals surface area (Å²) in [6, 6.07) is 12.4. The van der Waals surface area contributed by atoms with Crippen LogP contribution in [0.15, 0.2) is 42.5 Å². The molecule has 150 valence electrons. The van der Waals surface area contributed by atoms with E-state index in [-0.39, 0.29) is 11.9 Å². The number of hydrogen-bond acceptors (Lipinski definition) is 4. The van der Waals surface area contributed by atoms with E-state index in [0.29, 0.717) is 31.0 Å². The second-order valence-electron chi connectivity index (χ2n) is 6.52. The number of methoxy groups -OCH3 is 1. The van der Waals surface area contributed by atoms with Crippen molar-refractivity contribution in [1.82, 2.24) is 10.2 Å². The Morgan fingerprint density at radius 2 is 1.75 bits per heavy atom. The van der Waals surface area contributed by atoms with Crippen LogP contribution < -0.4 is 15.4 Å². The van der Waals surface area contributed by atoms with Gasteiger partial charge in [0.1, 0.15) is 12.4 Å². The van der Waals surface area contributed by atoms with Crippen molar-refractivity contribution >= 4 is 17.6 Å². The number of carbonyl (C=O) groups excluding carboxylic acids is 2. The molecule has 0 aliphatic heterocycles. The molecule has 7 nitrogen and oxygen atoms in total. The lowest BCUT2D eigenvalue weighted by atomic mass is 10.1. The molecule has 0 aliphatic carbocycles. The van der Waals surface area contributed by atoms with Gasteiger partial charge in [0, 0.05) is 39.0 Å². The number of nitrogens with one attached hydrogen (secondary N) is 2. The fourth-order valence-electron chi connectivity index (χ4n) is 2.44. The van der Waals surface area contributed by atoms with Gasteiger partial charge in [-0.15, -0.1) is 0 Å². The average molecular weight is 385 g/mol. The predicted octanol–water partition coefficient (Wildman–Crippen LogP) is 3.04. The molecule has 0 bridgehead atoms. The molecular weight excluding hydrogens is 358 g/mol. The van der Waals surface area contributed by atoms with E-state index in [1.807, 2.05) is 37.3 Å². The van der Waals surface area contributed by atoms with Crippen LogP contribution in [0.1, 0.15) is 21.5 Å². The lowest BCUT2D eigenvalue weighted by Crippen LogP contribution is -2.28. The number of benzene rings is 2. The van der Waals surface area contributed by atoms with Crippen LogP contribution in [0.2, 0.25) is 0 Å². The summed E-state index contributed by atoms with van der Waals surface area (Å²) in [6.07, 6.45) is 0. The van der Waals surface area contributed by atoms with E-state index in [1.54, 1.807) is 33.3 Å². The largest absolute Gasteiger partial charge is 0.491 e. The summed E-state index contributed by atoms with van der Waals surface area (Å²) >= 11 is 0. The van der Waals surface area contributed by atoms with Gasteiger partial charge in [-0.05, 0) is 42.3 Å². The highest BCUT2D eigenvalue weighted by Crippen LogP contribution is 2.18. The zero-order valence-corrected chi connectivity index (χ0v) is 16.7. The maximum atomic E-state index is 12.2. The third-order valence-corrected chi connectivity index (χ3v) is 4.07. The standard InChI is InChI=1S/C21H27N3O4/c1-15-5-8-17(20(25)24(2)3)13-19(15)23-21(26)22-14-16-6-9-18(10-7-16)28-12-11-27-4/h5-10,13H,11-12,14H2,1-4H3,(H2,22,23,26). The SMILES string of the molecule is COCCOc1ccc(CNC(=O)Nc2cc(C(=O)N(C)C)ccc2C)cc1. The van der Waals surface area contributed by atoms with Gasteiger partial charge in [0.15, 0.2) is 0 Å². The van der Waals surface area contributed by atoms with E-state index in [2.05, 4.69) is 10.6 Å². The Morgan fingerprint density at radius 3 is 2.39 bits per heavy atom. The molecule has 7 heteroatoms. The topological polar surface area (TPSA) is 79.9 Å². The van der Waals surface area contributed by atoms with Crippen LogP contribution in [0.25, 0.3) is 0 Å². The quantitative estimate of drug-likeness (QED) is 0.685. The van der Waals surface area contributed by atoms with Gasteiger partial charge in [-0.3, -0.25) is 4.79 Å². The number of amides is 3. The van der Waals surface area contributed by atoms with Crippen molar-refractivity contribution in [1.29, 1.82) is 0 Å². The van der Waals surface area contributed by atoms with Crippen LogP contribution in [0.4, 0.5) is 10.5 Å². The van der Waals surface area contributed by atoms with Gasteiger partial charge >= 0.3 is 6.03 Å². The fraction of sp³-hybridized carbons (Fsp3) is 0.333. The molecule has 0 heterocycles. The second-order valence-corrected chi connectivity index (χ2v) is 6.52. The molecule has 2 rings (SSSR count). The summed E-state index contributed by atoms with van der Waals surface area (Å²) in [5.74, 6) is 0.638. The third-order valence-electron chi connectivity index (χ3n) is 4.07. The van der Waals surface area contributed by atoms with E-state index in [1.165, 1.54) is 4.90 Å². The van der Waals surface area contributed by atoms with Gasteiger partial charge in [0.05, 0.1) is 6.61 Å². The minimum atomic E-state index is -0.335. The zero-order valence-electron chi connectivity index (χ0n) is 16.7. The Hall–Kier alpha value is -3.06. The number of hydrogen-bond donors (Lipinski definition) is 2. The minimum absolute atomic E-state index is 0.115. The van der Waals surface area contributed by atoms with Crippen molar-refractivity contribution in [3.8, 4) is 5.75 Å². The van der Waals surface area contributed by atoms with Crippen LogP contribution in [-0.4, -0.2) is 51.3 Å². The monoisotopic (exact) mass is 385 g/mol. The number of anilines is 1. The summed E-state index contributed by atoms with van der Waals surface area (Å²) in [5, 5.41) is 5.61.